The van der Waals surface area contributed by atoms with Gasteiger partial charge in [-0.1, -0.05) is 0 Å². The number of fused-ring (bicyclic) bond motifs is 1. The molecule has 2 aromatic rings. The Morgan fingerprint density at radius 2 is 1.89 bits per heavy atom. The zero-order valence-corrected chi connectivity index (χ0v) is 17.1. The van der Waals surface area contributed by atoms with Crippen LogP contribution in [-0.2, 0) is 24.7 Å². The molecule has 2 aromatic heterocycles. The maximum atomic E-state index is 12.9. The van der Waals surface area contributed by atoms with Crippen LogP contribution >= 0.6 is 0 Å². The Bertz CT molecular complexity index is 875. The van der Waals surface area contributed by atoms with Gasteiger partial charge >= 0.3 is 6.03 Å². The highest BCUT2D eigenvalue weighted by Gasteiger charge is 2.31. The average molecular weight is 385 g/mol. The zero-order chi connectivity index (χ0) is 20.4. The number of carbonyl (C=O) groups excluding carboxylic acids is 2. The highest BCUT2D eigenvalue weighted by atomic mass is 16.2. The van der Waals surface area contributed by atoms with Crippen molar-refractivity contribution < 1.29 is 9.59 Å². The quantitative estimate of drug-likeness (QED) is 0.758. The smallest absolute Gasteiger partial charge is 0.319 e. The lowest BCUT2D eigenvalue weighted by Gasteiger charge is -2.33. The molecule has 0 radical (unpaired) electrons. The molecule has 28 heavy (non-hydrogen) atoms. The Balaban J connectivity index is 2.04. The molecule has 9 heteroatoms. The third kappa shape index (κ3) is 3.97. The molecule has 3 rings (SSSR count). The summed E-state index contributed by atoms with van der Waals surface area (Å²) in [6.07, 6.45) is 6.32. The van der Waals surface area contributed by atoms with Crippen molar-refractivity contribution in [2.24, 2.45) is 13.0 Å². The van der Waals surface area contributed by atoms with Crippen molar-refractivity contribution in [1.29, 1.82) is 0 Å². The minimum Gasteiger partial charge on any atom is -0.349 e. The molecule has 0 unspecified atom stereocenters. The van der Waals surface area contributed by atoms with Gasteiger partial charge in [-0.3, -0.25) is 9.48 Å². The molecule has 3 heterocycles. The largest absolute Gasteiger partial charge is 0.349 e. The second-order valence-corrected chi connectivity index (χ2v) is 7.56. The number of hydrogen-bond acceptors (Lipinski definition) is 5. The van der Waals surface area contributed by atoms with Gasteiger partial charge in [0.15, 0.2) is 0 Å². The summed E-state index contributed by atoms with van der Waals surface area (Å²) in [4.78, 5) is 39.3. The van der Waals surface area contributed by atoms with Crippen molar-refractivity contribution in [2.75, 3.05) is 41.3 Å². The molecule has 0 bridgehead atoms. The van der Waals surface area contributed by atoms with E-state index in [0.717, 1.165) is 22.5 Å². The number of aromatic nitrogens is 4. The monoisotopic (exact) mass is 385 g/mol. The van der Waals surface area contributed by atoms with Crippen LogP contribution in [0.15, 0.2) is 18.7 Å². The van der Waals surface area contributed by atoms with Crippen LogP contribution in [0.25, 0.3) is 11.3 Å². The van der Waals surface area contributed by atoms with Gasteiger partial charge in [-0.15, -0.1) is 0 Å². The lowest BCUT2D eigenvalue weighted by molar-refractivity contribution is -0.133. The van der Waals surface area contributed by atoms with Gasteiger partial charge in [-0.05, 0) is 6.42 Å². The van der Waals surface area contributed by atoms with Crippen LogP contribution < -0.4 is 0 Å². The summed E-state index contributed by atoms with van der Waals surface area (Å²) in [5, 5.41) is 4.24. The Hall–Kier alpha value is -2.97. The minimum atomic E-state index is -0.362. The van der Waals surface area contributed by atoms with Gasteiger partial charge < -0.3 is 14.7 Å². The predicted octanol–water partition coefficient (Wildman–Crippen LogP) is 0.664. The Labute approximate surface area is 165 Å². The van der Waals surface area contributed by atoms with Crippen molar-refractivity contribution in [3.05, 3.63) is 30.0 Å². The van der Waals surface area contributed by atoms with Crippen LogP contribution in [0.4, 0.5) is 4.79 Å². The lowest BCUT2D eigenvalue weighted by atomic mass is 9.91. The van der Waals surface area contributed by atoms with Crippen LogP contribution in [0.5, 0.6) is 0 Å². The minimum absolute atomic E-state index is 0.00889. The van der Waals surface area contributed by atoms with Crippen molar-refractivity contribution in [2.45, 2.75) is 12.8 Å². The highest BCUT2D eigenvalue weighted by molar-refractivity contribution is 5.81. The van der Waals surface area contributed by atoms with Crippen LogP contribution in [0, 0.1) is 5.92 Å². The van der Waals surface area contributed by atoms with E-state index in [0.29, 0.717) is 25.9 Å². The maximum absolute atomic E-state index is 12.9. The molecule has 1 atom stereocenters. The summed E-state index contributed by atoms with van der Waals surface area (Å²) in [5.41, 5.74) is 3.55. The Morgan fingerprint density at radius 1 is 1.14 bits per heavy atom. The molecule has 9 nitrogen and oxygen atoms in total. The van der Waals surface area contributed by atoms with E-state index in [2.05, 4.69) is 15.1 Å². The summed E-state index contributed by atoms with van der Waals surface area (Å²) in [6.45, 7) is 0.875. The number of carbonyl (C=O) groups is 2. The normalized spacial score (nSPS) is 16.8. The summed E-state index contributed by atoms with van der Waals surface area (Å²) >= 11 is 0. The Morgan fingerprint density at radius 3 is 2.50 bits per heavy atom. The molecule has 0 aliphatic carbocycles. The lowest BCUT2D eigenvalue weighted by Crippen LogP contribution is -2.47. The molecule has 0 saturated carbocycles. The molecular formula is C19H27N7O2. The van der Waals surface area contributed by atoms with Crippen molar-refractivity contribution in [3.63, 3.8) is 0 Å². The van der Waals surface area contributed by atoms with Crippen LogP contribution in [0.3, 0.4) is 0 Å². The van der Waals surface area contributed by atoms with E-state index < -0.39 is 0 Å². The second-order valence-electron chi connectivity index (χ2n) is 7.56. The molecule has 0 aromatic carbocycles. The van der Waals surface area contributed by atoms with Gasteiger partial charge in [0.2, 0.25) is 5.91 Å². The van der Waals surface area contributed by atoms with E-state index in [4.69, 9.17) is 0 Å². The summed E-state index contributed by atoms with van der Waals surface area (Å²) < 4.78 is 1.73. The molecule has 1 aliphatic heterocycles. The number of amides is 3. The molecule has 0 saturated heterocycles. The molecule has 3 amide bonds. The standard InChI is InChI=1S/C19H27N7O2/c1-23(2)18(27)13-8-15-16(6-7-26(11-13)19(28)24(3)4)20-12-21-17(15)14-9-22-25(5)10-14/h9-10,12-13H,6-8,11H2,1-5H3/t13-/m0/s1. The number of aryl methyl sites for hydroxylation is 1. The third-order valence-electron chi connectivity index (χ3n) is 4.97. The second kappa shape index (κ2) is 7.95. The first-order valence-electron chi connectivity index (χ1n) is 9.27. The number of rotatable bonds is 2. The van der Waals surface area contributed by atoms with E-state index in [-0.39, 0.29) is 17.9 Å². The van der Waals surface area contributed by atoms with Gasteiger partial charge in [0.25, 0.3) is 0 Å². The molecule has 1 aliphatic rings. The molecule has 0 N–H and O–H groups in total. The molecule has 0 spiro atoms. The van der Waals surface area contributed by atoms with Gasteiger partial charge in [-0.2, -0.15) is 5.10 Å². The topological polar surface area (TPSA) is 87.5 Å². The fourth-order valence-corrected chi connectivity index (χ4v) is 3.57. The third-order valence-corrected chi connectivity index (χ3v) is 4.97. The zero-order valence-electron chi connectivity index (χ0n) is 17.1. The molecule has 0 fully saturated rings. The first kappa shape index (κ1) is 19.8. The highest BCUT2D eigenvalue weighted by Crippen LogP contribution is 2.28. The summed E-state index contributed by atoms with van der Waals surface area (Å²) in [7, 11) is 8.78. The number of nitrogens with zero attached hydrogens (tertiary/aromatic N) is 7. The van der Waals surface area contributed by atoms with E-state index in [1.54, 1.807) is 60.1 Å². The number of hydrogen-bond donors (Lipinski definition) is 0. The SMILES string of the molecule is CN(C)C(=O)[C@H]1Cc2c(ncnc2-c2cnn(C)c2)CCN(C(=O)N(C)C)C1. The van der Waals surface area contributed by atoms with Gasteiger partial charge in [0.1, 0.15) is 6.33 Å². The first-order chi connectivity index (χ1) is 13.3. The first-order valence-corrected chi connectivity index (χ1v) is 9.27. The van der Waals surface area contributed by atoms with Gasteiger partial charge in [0.05, 0.1) is 17.8 Å². The van der Waals surface area contributed by atoms with Gasteiger partial charge in [-0.25, -0.2) is 14.8 Å². The molecule has 150 valence electrons. The van der Waals surface area contributed by atoms with E-state index in [1.165, 1.54) is 0 Å². The summed E-state index contributed by atoms with van der Waals surface area (Å²) in [6, 6.07) is -0.0958. The van der Waals surface area contributed by atoms with Crippen LogP contribution in [0.2, 0.25) is 0 Å². The van der Waals surface area contributed by atoms with Crippen molar-refractivity contribution >= 4 is 11.9 Å². The van der Waals surface area contributed by atoms with E-state index in [1.807, 2.05) is 13.2 Å². The van der Waals surface area contributed by atoms with Crippen LogP contribution in [-0.4, -0.2) is 87.7 Å². The van der Waals surface area contributed by atoms with Crippen molar-refractivity contribution in [1.82, 2.24) is 34.4 Å². The summed E-state index contributed by atoms with van der Waals surface area (Å²) in [5.74, 6) is -0.371. The number of urea groups is 1. The fourth-order valence-electron chi connectivity index (χ4n) is 3.57. The Kier molecular flexibility index (Phi) is 5.62. The van der Waals surface area contributed by atoms with Gasteiger partial charge in [0, 0.05) is 77.8 Å². The molecular weight excluding hydrogens is 358 g/mol. The van der Waals surface area contributed by atoms with Crippen LogP contribution in [0.1, 0.15) is 11.3 Å². The van der Waals surface area contributed by atoms with Crippen molar-refractivity contribution in [3.8, 4) is 11.3 Å². The predicted molar refractivity (Wildman–Crippen MR) is 104 cm³/mol. The average Bonchev–Trinajstić information content (AvgIpc) is 3.07. The maximum Gasteiger partial charge on any atom is 0.319 e. The van der Waals surface area contributed by atoms with E-state index in [9.17, 15) is 9.59 Å². The fraction of sp³-hybridized carbons (Fsp3) is 0.526. The van der Waals surface area contributed by atoms with E-state index >= 15 is 0 Å².